The van der Waals surface area contributed by atoms with Gasteiger partial charge in [-0.25, -0.2) is 8.93 Å². The molecule has 0 bridgehead atoms. The number of hydrogen-bond acceptors (Lipinski definition) is 2. The molecule has 3 nitrogen and oxygen atoms in total. The molecule has 2 rings (SSSR count). The second-order valence-corrected chi connectivity index (χ2v) is 22.9. The molecule has 0 fully saturated rings. The van der Waals surface area contributed by atoms with Crippen LogP contribution in [0.25, 0.3) is 0 Å². The van der Waals surface area contributed by atoms with Gasteiger partial charge in [0.15, 0.2) is 0 Å². The lowest BCUT2D eigenvalue weighted by Gasteiger charge is -2.43. The zero-order valence-electron chi connectivity index (χ0n) is 22.5. The predicted octanol–water partition coefficient (Wildman–Crippen LogP) is 5.25. The predicted molar refractivity (Wildman–Crippen MR) is 154 cm³/mol. The van der Waals surface area contributed by atoms with Crippen LogP contribution in [0.4, 0.5) is 0 Å². The molecule has 0 aromatic heterocycles. The summed E-state index contributed by atoms with van der Waals surface area (Å²) in [5, 5.41) is 2.46. The summed E-state index contributed by atoms with van der Waals surface area (Å²) in [6.07, 6.45) is 0.684. The van der Waals surface area contributed by atoms with Gasteiger partial charge in [0.2, 0.25) is 0 Å². The van der Waals surface area contributed by atoms with Crippen molar-refractivity contribution in [1.82, 2.24) is 4.72 Å². The summed E-state index contributed by atoms with van der Waals surface area (Å²) in [5.74, 6) is 3.41. The topological polar surface area (TPSA) is 38.3 Å². The van der Waals surface area contributed by atoms with E-state index < -0.39 is 27.4 Å². The van der Waals surface area contributed by atoms with Crippen LogP contribution >= 0.6 is 0 Å². The Kier molecular flexibility index (Phi) is 9.71. The Morgan fingerprint density at radius 1 is 0.882 bits per heavy atom. The van der Waals surface area contributed by atoms with Gasteiger partial charge in [-0.1, -0.05) is 107 Å². The lowest BCUT2D eigenvalue weighted by Crippen LogP contribution is -2.66. The molecule has 0 aliphatic rings. The quantitative estimate of drug-likeness (QED) is 0.386. The van der Waals surface area contributed by atoms with Crippen molar-refractivity contribution in [3.63, 3.8) is 0 Å². The van der Waals surface area contributed by atoms with Gasteiger partial charge in [0.25, 0.3) is 8.32 Å². The number of benzene rings is 2. The Morgan fingerprint density at radius 2 is 1.35 bits per heavy atom. The van der Waals surface area contributed by atoms with Gasteiger partial charge in [0, 0.05) is 6.61 Å². The van der Waals surface area contributed by atoms with Crippen LogP contribution in [0.15, 0.2) is 60.7 Å². The second-order valence-electron chi connectivity index (χ2n) is 11.9. The average Bonchev–Trinajstić information content (AvgIpc) is 2.74. The molecule has 34 heavy (non-hydrogen) atoms. The summed E-state index contributed by atoms with van der Waals surface area (Å²) in [4.78, 5) is 0. The number of rotatable bonds is 8. The molecule has 0 spiro atoms. The van der Waals surface area contributed by atoms with Gasteiger partial charge >= 0.3 is 0 Å². The van der Waals surface area contributed by atoms with Crippen molar-refractivity contribution in [2.24, 2.45) is 0 Å². The van der Waals surface area contributed by atoms with E-state index in [9.17, 15) is 4.21 Å². The van der Waals surface area contributed by atoms with Crippen LogP contribution < -0.4 is 15.1 Å². The minimum atomic E-state index is -2.60. The van der Waals surface area contributed by atoms with E-state index in [1.807, 2.05) is 20.8 Å². The van der Waals surface area contributed by atoms with Crippen LogP contribution in [0.1, 0.15) is 48.0 Å². The molecule has 186 valence electrons. The minimum absolute atomic E-state index is 0.0726. The maximum atomic E-state index is 12.9. The van der Waals surface area contributed by atoms with Crippen molar-refractivity contribution < 1.29 is 8.63 Å². The summed E-state index contributed by atoms with van der Waals surface area (Å²) in [7, 11) is -5.35. The van der Waals surface area contributed by atoms with Crippen molar-refractivity contribution in [3.05, 3.63) is 60.7 Å². The highest BCUT2D eigenvalue weighted by molar-refractivity contribution is 7.84. The van der Waals surface area contributed by atoms with Gasteiger partial charge in [-0.15, -0.1) is 5.54 Å². The van der Waals surface area contributed by atoms with Crippen LogP contribution in [0, 0.1) is 11.5 Å². The van der Waals surface area contributed by atoms with Gasteiger partial charge in [0.05, 0.1) is 21.8 Å². The van der Waals surface area contributed by atoms with Crippen LogP contribution in [0.3, 0.4) is 0 Å². The third kappa shape index (κ3) is 7.76. The lowest BCUT2D eigenvalue weighted by atomic mass is 10.2. The van der Waals surface area contributed by atoms with Gasteiger partial charge in [-0.05, 0) is 42.6 Å². The minimum Gasteiger partial charge on any atom is -0.407 e. The van der Waals surface area contributed by atoms with Crippen LogP contribution in [0.5, 0.6) is 0 Å². The largest absolute Gasteiger partial charge is 0.407 e. The van der Waals surface area contributed by atoms with E-state index in [0.717, 1.165) is 0 Å². The standard InChI is InChI=1S/C28H43NO2SSi2/c1-27(2,3)32(30)29-24(21-23-33(7,8)9)20-22-31-34(28(4,5)6,25-16-12-10-13-17-25)26-18-14-11-15-19-26/h10-19,24,29H,20,22H2,1-9H3/t24-,32?/m1/s1. The SMILES string of the molecule is CC(C)(C)S(=O)N[C@@H](C#C[Si](C)(C)C)CCO[Si](c1ccccc1)(c1ccccc1)C(C)(C)C. The van der Waals surface area contributed by atoms with Gasteiger partial charge in [-0.2, -0.15) is 0 Å². The third-order valence-electron chi connectivity index (χ3n) is 5.57. The molecular formula is C28H43NO2SSi2. The molecule has 1 N–H and O–H groups in total. The molecule has 2 aromatic rings. The fraction of sp³-hybridized carbons (Fsp3) is 0.500. The lowest BCUT2D eigenvalue weighted by molar-refractivity contribution is 0.285. The van der Waals surface area contributed by atoms with Crippen LogP contribution in [0.2, 0.25) is 24.7 Å². The number of hydrogen-bond donors (Lipinski definition) is 1. The first kappa shape index (κ1) is 28.7. The highest BCUT2D eigenvalue weighted by atomic mass is 32.2. The Balaban J connectivity index is 2.41. The average molecular weight is 514 g/mol. The summed E-state index contributed by atoms with van der Waals surface area (Å²) < 4.78 is 22.9. The zero-order chi connectivity index (χ0) is 25.6. The van der Waals surface area contributed by atoms with E-state index in [-0.39, 0.29) is 15.8 Å². The Hall–Kier alpha value is -1.50. The first-order chi connectivity index (χ1) is 15.7. The summed E-state index contributed by atoms with van der Waals surface area (Å²) in [6.45, 7) is 20.1. The van der Waals surface area contributed by atoms with Crippen molar-refractivity contribution in [2.75, 3.05) is 6.61 Å². The molecule has 0 amide bonds. The molecule has 1 unspecified atom stereocenters. The molecule has 2 atom stereocenters. The van der Waals surface area contributed by atoms with Crippen molar-refractivity contribution in [2.45, 2.75) is 83.4 Å². The Labute approximate surface area is 212 Å². The molecule has 0 heterocycles. The van der Waals surface area contributed by atoms with E-state index in [4.69, 9.17) is 4.43 Å². The molecular weight excluding hydrogens is 471 g/mol. The molecule has 6 heteroatoms. The van der Waals surface area contributed by atoms with Gasteiger partial charge in [0.1, 0.15) is 8.07 Å². The van der Waals surface area contributed by atoms with E-state index >= 15 is 0 Å². The van der Waals surface area contributed by atoms with Crippen molar-refractivity contribution in [1.29, 1.82) is 0 Å². The normalized spacial score (nSPS) is 14.7. The first-order valence-electron chi connectivity index (χ1n) is 12.1. The highest BCUT2D eigenvalue weighted by Gasteiger charge is 2.50. The maximum absolute atomic E-state index is 12.9. The molecule has 0 aliphatic heterocycles. The van der Waals surface area contributed by atoms with E-state index in [1.165, 1.54) is 10.4 Å². The molecule has 2 aromatic carbocycles. The Bertz CT molecular complexity index is 955. The van der Waals surface area contributed by atoms with E-state index in [2.05, 4.69) is 117 Å². The fourth-order valence-corrected chi connectivity index (χ4v) is 9.84. The van der Waals surface area contributed by atoms with Gasteiger partial charge < -0.3 is 4.43 Å². The smallest absolute Gasteiger partial charge is 0.261 e. The molecule has 0 saturated heterocycles. The molecule has 0 saturated carbocycles. The molecule has 0 aliphatic carbocycles. The summed E-state index contributed by atoms with van der Waals surface area (Å²) in [5.41, 5.74) is 3.47. The molecule has 0 radical (unpaired) electrons. The van der Waals surface area contributed by atoms with Crippen LogP contribution in [-0.2, 0) is 15.4 Å². The van der Waals surface area contributed by atoms with Gasteiger partial charge in [-0.3, -0.25) is 0 Å². The van der Waals surface area contributed by atoms with Crippen molar-refractivity contribution >= 4 is 37.8 Å². The maximum Gasteiger partial charge on any atom is 0.261 e. The zero-order valence-corrected chi connectivity index (χ0v) is 25.3. The third-order valence-corrected chi connectivity index (χ3v) is 13.1. The second kappa shape index (κ2) is 11.5. The van der Waals surface area contributed by atoms with E-state index in [0.29, 0.717) is 13.0 Å². The van der Waals surface area contributed by atoms with Crippen LogP contribution in [-0.4, -0.2) is 38.0 Å². The Morgan fingerprint density at radius 3 is 1.74 bits per heavy atom. The number of nitrogens with one attached hydrogen (secondary N) is 1. The fourth-order valence-electron chi connectivity index (χ4n) is 3.86. The first-order valence-corrected chi connectivity index (χ1v) is 18.7. The monoisotopic (exact) mass is 513 g/mol. The highest BCUT2D eigenvalue weighted by Crippen LogP contribution is 2.36. The van der Waals surface area contributed by atoms with E-state index in [1.54, 1.807) is 0 Å². The summed E-state index contributed by atoms with van der Waals surface area (Å²) >= 11 is 0. The summed E-state index contributed by atoms with van der Waals surface area (Å²) in [6, 6.07) is 21.2. The van der Waals surface area contributed by atoms with Crippen molar-refractivity contribution in [3.8, 4) is 11.5 Å².